The SMILES string of the molecule is CNC(=O)c1c(-c2ccc(F)cc2)oc2cc(N(C)S)c([C@@H]3CCCN(C(=O)c4cc5c(n4C)CCS5)C3)cc12. The molecule has 0 saturated carbocycles. The fraction of sp³-hybridized carbons (Fsp3) is 0.333. The number of amides is 2. The molecule has 0 bridgehead atoms. The molecule has 4 heterocycles. The van der Waals surface area contributed by atoms with Crippen LogP contribution in [-0.2, 0) is 13.5 Å². The molecule has 40 heavy (non-hydrogen) atoms. The molecule has 1 atom stereocenters. The lowest BCUT2D eigenvalue weighted by Crippen LogP contribution is -2.40. The first kappa shape index (κ1) is 26.8. The van der Waals surface area contributed by atoms with Gasteiger partial charge in [0.15, 0.2) is 0 Å². The maximum atomic E-state index is 13.7. The number of thioether (sulfide) groups is 1. The molecule has 10 heteroatoms. The Morgan fingerprint density at radius 2 is 1.98 bits per heavy atom. The monoisotopic (exact) mass is 578 g/mol. The molecule has 2 aromatic carbocycles. The first-order valence-corrected chi connectivity index (χ1v) is 14.8. The summed E-state index contributed by atoms with van der Waals surface area (Å²) in [5, 5.41) is 3.40. The molecule has 1 fully saturated rings. The summed E-state index contributed by atoms with van der Waals surface area (Å²) in [5.41, 5.74) is 5.39. The molecular weight excluding hydrogens is 547 g/mol. The summed E-state index contributed by atoms with van der Waals surface area (Å²) in [4.78, 5) is 30.0. The predicted octanol–water partition coefficient (Wildman–Crippen LogP) is 5.89. The molecule has 6 rings (SSSR count). The molecule has 1 saturated heterocycles. The highest BCUT2D eigenvalue weighted by Crippen LogP contribution is 2.42. The number of fused-ring (bicyclic) bond motifs is 2. The van der Waals surface area contributed by atoms with E-state index in [1.807, 2.05) is 49.0 Å². The van der Waals surface area contributed by atoms with Gasteiger partial charge in [0, 0.05) is 73.5 Å². The van der Waals surface area contributed by atoms with Gasteiger partial charge in [-0.1, -0.05) is 12.8 Å². The van der Waals surface area contributed by atoms with Crippen LogP contribution in [0.15, 0.2) is 51.8 Å². The first-order valence-electron chi connectivity index (χ1n) is 13.4. The molecule has 208 valence electrons. The van der Waals surface area contributed by atoms with Gasteiger partial charge in [0.05, 0.1) is 11.3 Å². The van der Waals surface area contributed by atoms with Crippen molar-refractivity contribution in [2.24, 2.45) is 7.05 Å². The van der Waals surface area contributed by atoms with Crippen LogP contribution < -0.4 is 9.62 Å². The summed E-state index contributed by atoms with van der Waals surface area (Å²) >= 11 is 6.44. The molecule has 2 amide bonds. The maximum Gasteiger partial charge on any atom is 0.270 e. The van der Waals surface area contributed by atoms with E-state index in [4.69, 9.17) is 4.42 Å². The van der Waals surface area contributed by atoms with Gasteiger partial charge in [-0.3, -0.25) is 9.59 Å². The van der Waals surface area contributed by atoms with Crippen molar-refractivity contribution in [2.75, 3.05) is 37.2 Å². The number of nitrogens with zero attached hydrogens (tertiary/aromatic N) is 3. The summed E-state index contributed by atoms with van der Waals surface area (Å²) in [6.45, 7) is 1.27. The number of benzene rings is 2. The average molecular weight is 579 g/mol. The van der Waals surface area contributed by atoms with E-state index < -0.39 is 0 Å². The number of rotatable bonds is 5. The number of furan rings is 1. The zero-order valence-electron chi connectivity index (χ0n) is 22.7. The lowest BCUT2D eigenvalue weighted by atomic mass is 9.88. The Kier molecular flexibility index (Phi) is 7.08. The first-order chi connectivity index (χ1) is 19.3. The van der Waals surface area contributed by atoms with Gasteiger partial charge >= 0.3 is 0 Å². The minimum absolute atomic E-state index is 0.0508. The Labute approximate surface area is 242 Å². The van der Waals surface area contributed by atoms with Crippen molar-refractivity contribution in [3.05, 3.63) is 70.8 Å². The number of anilines is 1. The Morgan fingerprint density at radius 3 is 2.67 bits per heavy atom. The number of thiol groups is 1. The largest absolute Gasteiger partial charge is 0.455 e. The summed E-state index contributed by atoms with van der Waals surface area (Å²) in [5.74, 6) is 0.904. The fourth-order valence-electron chi connectivity index (χ4n) is 5.98. The van der Waals surface area contributed by atoms with Gasteiger partial charge in [-0.15, -0.1) is 11.8 Å². The van der Waals surface area contributed by atoms with Gasteiger partial charge in [0.1, 0.15) is 22.9 Å². The number of aromatic nitrogens is 1. The number of nitrogens with one attached hydrogen (secondary N) is 1. The molecule has 4 aromatic rings. The fourth-order valence-corrected chi connectivity index (χ4v) is 7.27. The van der Waals surface area contributed by atoms with Crippen molar-refractivity contribution in [1.82, 2.24) is 14.8 Å². The van der Waals surface area contributed by atoms with E-state index in [0.717, 1.165) is 42.0 Å². The molecule has 0 radical (unpaired) electrons. The number of carbonyl (C=O) groups is 2. The molecule has 7 nitrogen and oxygen atoms in total. The Bertz CT molecular complexity index is 1630. The summed E-state index contributed by atoms with van der Waals surface area (Å²) in [6.07, 6.45) is 2.77. The van der Waals surface area contributed by atoms with Crippen LogP contribution in [0.1, 0.15) is 50.9 Å². The highest BCUT2D eigenvalue weighted by molar-refractivity contribution is 7.99. The minimum atomic E-state index is -0.363. The Morgan fingerprint density at radius 1 is 1.20 bits per heavy atom. The second-order valence-corrected chi connectivity index (χ2v) is 12.1. The molecule has 0 unspecified atom stereocenters. The van der Waals surface area contributed by atoms with Crippen LogP contribution in [0.25, 0.3) is 22.3 Å². The van der Waals surface area contributed by atoms with Crippen molar-refractivity contribution in [2.45, 2.75) is 30.1 Å². The zero-order valence-corrected chi connectivity index (χ0v) is 24.4. The topological polar surface area (TPSA) is 70.7 Å². The van der Waals surface area contributed by atoms with E-state index >= 15 is 0 Å². The van der Waals surface area contributed by atoms with Gasteiger partial charge in [-0.25, -0.2) is 4.39 Å². The van der Waals surface area contributed by atoms with Crippen LogP contribution in [-0.4, -0.2) is 54.2 Å². The highest BCUT2D eigenvalue weighted by Gasteiger charge is 2.32. The molecular formula is C30H31FN4O3S2. The van der Waals surface area contributed by atoms with Crippen molar-refractivity contribution < 1.29 is 18.4 Å². The van der Waals surface area contributed by atoms with Crippen LogP contribution >= 0.6 is 24.6 Å². The molecule has 2 aromatic heterocycles. The summed E-state index contributed by atoms with van der Waals surface area (Å²) in [7, 11) is 5.42. The highest BCUT2D eigenvalue weighted by atomic mass is 32.2. The number of hydrogen-bond acceptors (Lipinski definition) is 6. The van der Waals surface area contributed by atoms with E-state index in [1.165, 1.54) is 22.7 Å². The van der Waals surface area contributed by atoms with Crippen LogP contribution in [0.4, 0.5) is 10.1 Å². The number of piperidine rings is 1. The van der Waals surface area contributed by atoms with E-state index in [2.05, 4.69) is 22.7 Å². The van der Waals surface area contributed by atoms with E-state index in [-0.39, 0.29) is 23.5 Å². The van der Waals surface area contributed by atoms with E-state index in [0.29, 0.717) is 40.9 Å². The Balaban J connectivity index is 1.40. The standard InChI is InChI=1S/C30H31FN4O3S2/c1-32-29(36)27-21-13-20(23(34(3)39)14-25(21)38-28(27)17-6-8-19(31)9-7-17)18-5-4-11-35(16-18)30(37)24-15-26-22(33(24)2)10-12-40-26/h6-9,13-15,18,39H,4-5,10-12,16H2,1-3H3,(H,32,36)/t18-/m1/s1. The summed E-state index contributed by atoms with van der Waals surface area (Å²) in [6, 6.07) is 11.9. The molecule has 0 aliphatic carbocycles. The van der Waals surface area contributed by atoms with Crippen molar-refractivity contribution in [3.63, 3.8) is 0 Å². The number of likely N-dealkylation sites (tertiary alicyclic amines) is 1. The van der Waals surface area contributed by atoms with Gasteiger partial charge in [0.25, 0.3) is 11.8 Å². The molecule has 2 aliphatic rings. The zero-order chi connectivity index (χ0) is 28.1. The Hall–Kier alpha value is -3.37. The predicted molar refractivity (Wildman–Crippen MR) is 160 cm³/mol. The third kappa shape index (κ3) is 4.56. The van der Waals surface area contributed by atoms with Crippen LogP contribution in [0.2, 0.25) is 0 Å². The number of halogens is 1. The van der Waals surface area contributed by atoms with Crippen molar-refractivity contribution >= 4 is 53.0 Å². The third-order valence-electron chi connectivity index (χ3n) is 8.03. The van der Waals surface area contributed by atoms with Gasteiger partial charge in [-0.05, 0) is 61.2 Å². The van der Waals surface area contributed by atoms with E-state index in [1.54, 1.807) is 23.5 Å². The maximum absolute atomic E-state index is 13.7. The minimum Gasteiger partial charge on any atom is -0.455 e. The lowest BCUT2D eigenvalue weighted by molar-refractivity contribution is 0.0697. The second kappa shape index (κ2) is 10.6. The third-order valence-corrected chi connectivity index (χ3v) is 9.32. The normalized spacial score (nSPS) is 16.8. The quantitative estimate of drug-likeness (QED) is 0.289. The van der Waals surface area contributed by atoms with Crippen molar-refractivity contribution in [1.29, 1.82) is 0 Å². The smallest absolute Gasteiger partial charge is 0.270 e. The van der Waals surface area contributed by atoms with Crippen LogP contribution in [0, 0.1) is 5.82 Å². The average Bonchev–Trinajstić information content (AvgIpc) is 3.66. The number of hydrogen-bond donors (Lipinski definition) is 2. The van der Waals surface area contributed by atoms with Gasteiger partial charge in [0.2, 0.25) is 0 Å². The van der Waals surface area contributed by atoms with E-state index in [9.17, 15) is 14.0 Å². The molecule has 2 aliphatic heterocycles. The van der Waals surface area contributed by atoms with Gasteiger partial charge < -0.3 is 23.5 Å². The molecule has 0 spiro atoms. The summed E-state index contributed by atoms with van der Waals surface area (Å²) < 4.78 is 23.7. The van der Waals surface area contributed by atoms with Crippen molar-refractivity contribution in [3.8, 4) is 11.3 Å². The van der Waals surface area contributed by atoms with Crippen LogP contribution in [0.3, 0.4) is 0 Å². The van der Waals surface area contributed by atoms with Gasteiger partial charge in [-0.2, -0.15) is 0 Å². The second-order valence-electron chi connectivity index (χ2n) is 10.4. The number of carbonyl (C=O) groups excluding carboxylic acids is 2. The van der Waals surface area contributed by atoms with Crippen LogP contribution in [0.5, 0.6) is 0 Å². The lowest BCUT2D eigenvalue weighted by Gasteiger charge is -2.34. The molecule has 1 N–H and O–H groups in total.